The van der Waals surface area contributed by atoms with Crippen molar-refractivity contribution in [2.75, 3.05) is 6.54 Å². The van der Waals surface area contributed by atoms with Gasteiger partial charge in [0.25, 0.3) is 5.91 Å². The van der Waals surface area contributed by atoms with E-state index in [9.17, 15) is 27.6 Å². The second-order valence-electron chi connectivity index (χ2n) is 17.1. The van der Waals surface area contributed by atoms with Crippen LogP contribution in [0.15, 0.2) is 66.7 Å². The summed E-state index contributed by atoms with van der Waals surface area (Å²) in [6.45, 7) is 1.98. The number of hydrogen-bond donors (Lipinski definition) is 3. The Morgan fingerprint density at radius 1 is 0.933 bits per heavy atom. The van der Waals surface area contributed by atoms with E-state index in [0.29, 0.717) is 49.3 Å². The zero-order valence-electron chi connectivity index (χ0n) is 33.7. The van der Waals surface area contributed by atoms with Crippen LogP contribution in [0, 0.1) is 12.8 Å². The molecule has 60 heavy (non-hydrogen) atoms. The standard InChI is InChI=1S/C44H51N7O8S/c1-27-18-21-34-33(22-27)39-45-36(28-12-6-5-7-13-28)24-38(51(39)48-34)58-31-23-37-40(52)47-44(42(54)49-60(56,57)32-19-20-32)25-29(44)14-8-3-2-4-9-17-35(41(53)50(37)26-31)46-43(55)59-30-15-10-11-16-30/h5-8,12-14,18,21-22,24,29-32,35,37H,2-4,9-11,15-17,19-20,23,25-26H2,1H3,(H,46,55)(H,47,52)(H,49,54)/b14-8-/t29-,31+,35-,37-,44+/m0/s1. The van der Waals surface area contributed by atoms with E-state index in [1.807, 2.05) is 67.6 Å². The molecule has 0 bridgehead atoms. The van der Waals surface area contributed by atoms with Crippen molar-refractivity contribution in [3.63, 3.8) is 0 Å². The summed E-state index contributed by atoms with van der Waals surface area (Å²) < 4.78 is 42.3. The lowest BCUT2D eigenvalue weighted by atomic mass is 10.0. The molecular weight excluding hydrogens is 787 g/mol. The van der Waals surface area contributed by atoms with Crippen LogP contribution in [0.1, 0.15) is 89.0 Å². The van der Waals surface area contributed by atoms with E-state index in [0.717, 1.165) is 60.6 Å². The summed E-state index contributed by atoms with van der Waals surface area (Å²) in [5.41, 5.74) is 2.33. The zero-order chi connectivity index (χ0) is 41.6. The summed E-state index contributed by atoms with van der Waals surface area (Å²) in [6.07, 6.45) is 10.1. The minimum atomic E-state index is -3.91. The highest BCUT2D eigenvalue weighted by Crippen LogP contribution is 2.46. The van der Waals surface area contributed by atoms with Crippen LogP contribution in [0.2, 0.25) is 0 Å². The molecule has 5 aliphatic rings. The van der Waals surface area contributed by atoms with Crippen LogP contribution in [0.3, 0.4) is 0 Å². The second-order valence-corrected chi connectivity index (χ2v) is 19.1. The molecule has 0 unspecified atom stereocenters. The van der Waals surface area contributed by atoms with Crippen molar-refractivity contribution in [3.8, 4) is 17.1 Å². The first-order valence-electron chi connectivity index (χ1n) is 21.3. The van der Waals surface area contributed by atoms with Gasteiger partial charge in [0.2, 0.25) is 27.7 Å². The summed E-state index contributed by atoms with van der Waals surface area (Å²) in [7, 11) is -3.91. The van der Waals surface area contributed by atoms with Crippen LogP contribution in [0.5, 0.6) is 5.88 Å². The van der Waals surface area contributed by atoms with E-state index in [1.165, 1.54) is 4.90 Å². The molecule has 0 spiro atoms. The number of nitrogens with one attached hydrogen (secondary N) is 3. The molecule has 3 aliphatic carbocycles. The van der Waals surface area contributed by atoms with Crippen LogP contribution in [0.4, 0.5) is 4.79 Å². The van der Waals surface area contributed by atoms with Gasteiger partial charge in [0, 0.05) is 29.4 Å². The molecule has 316 valence electrons. The van der Waals surface area contributed by atoms with Gasteiger partial charge in [-0.05, 0) is 83.3 Å². The molecule has 5 atom stereocenters. The number of aryl methyl sites for hydroxylation is 1. The molecule has 16 heteroatoms. The van der Waals surface area contributed by atoms with Gasteiger partial charge in [-0.15, -0.1) is 0 Å². The lowest BCUT2D eigenvalue weighted by Crippen LogP contribution is -2.58. The number of hydrogen-bond acceptors (Lipinski definition) is 10. The number of amides is 4. The maximum Gasteiger partial charge on any atom is 0.408 e. The van der Waals surface area contributed by atoms with Gasteiger partial charge in [-0.3, -0.25) is 19.1 Å². The average molecular weight is 838 g/mol. The van der Waals surface area contributed by atoms with E-state index in [1.54, 1.807) is 10.6 Å². The minimum Gasteiger partial charge on any atom is -0.472 e. The number of fused-ring (bicyclic) bond motifs is 5. The fourth-order valence-corrected chi connectivity index (χ4v) is 10.3. The first-order valence-corrected chi connectivity index (χ1v) is 22.9. The maximum absolute atomic E-state index is 14.8. The number of allylic oxidation sites excluding steroid dienone is 1. The molecule has 4 aromatic rings. The molecule has 4 heterocycles. The topological polar surface area (TPSA) is 190 Å². The molecule has 4 fully saturated rings. The number of nitrogens with zero attached hydrogens (tertiary/aromatic N) is 4. The number of carbonyl (C=O) groups is 4. The Hall–Kier alpha value is -5.51. The van der Waals surface area contributed by atoms with Crippen LogP contribution in [0.25, 0.3) is 27.8 Å². The van der Waals surface area contributed by atoms with Gasteiger partial charge < -0.3 is 25.0 Å². The summed E-state index contributed by atoms with van der Waals surface area (Å²) >= 11 is 0. The summed E-state index contributed by atoms with van der Waals surface area (Å²) in [5.74, 6) is -1.94. The fraction of sp³-hybridized carbons (Fsp3) is 0.500. The van der Waals surface area contributed by atoms with Crippen molar-refractivity contribution in [1.29, 1.82) is 0 Å². The monoisotopic (exact) mass is 837 g/mol. The Kier molecular flexibility index (Phi) is 10.8. The summed E-state index contributed by atoms with van der Waals surface area (Å²) in [5, 5.41) is 10.8. The lowest BCUT2D eigenvalue weighted by molar-refractivity contribution is -0.141. The first kappa shape index (κ1) is 39.9. The van der Waals surface area contributed by atoms with Crippen molar-refractivity contribution in [1.82, 2.24) is 34.9 Å². The highest BCUT2D eigenvalue weighted by Gasteiger charge is 2.62. The number of sulfonamides is 1. The molecule has 2 aromatic carbocycles. The number of ether oxygens (including phenoxy) is 2. The van der Waals surface area contributed by atoms with Gasteiger partial charge in [0.05, 0.1) is 23.0 Å². The van der Waals surface area contributed by atoms with E-state index < -0.39 is 68.7 Å². The van der Waals surface area contributed by atoms with Crippen LogP contribution >= 0.6 is 0 Å². The van der Waals surface area contributed by atoms with Crippen molar-refractivity contribution < 1.29 is 37.1 Å². The van der Waals surface area contributed by atoms with Crippen molar-refractivity contribution >= 4 is 50.4 Å². The van der Waals surface area contributed by atoms with Crippen molar-refractivity contribution in [2.45, 2.75) is 125 Å². The Morgan fingerprint density at radius 2 is 1.72 bits per heavy atom. The highest BCUT2D eigenvalue weighted by molar-refractivity contribution is 7.91. The number of rotatable bonds is 8. The van der Waals surface area contributed by atoms with Gasteiger partial charge in [0.1, 0.15) is 29.8 Å². The van der Waals surface area contributed by atoms with Gasteiger partial charge in [-0.25, -0.2) is 18.2 Å². The molecule has 1 saturated heterocycles. The van der Waals surface area contributed by atoms with Gasteiger partial charge >= 0.3 is 6.09 Å². The van der Waals surface area contributed by atoms with Crippen molar-refractivity contribution in [2.24, 2.45) is 5.92 Å². The van der Waals surface area contributed by atoms with E-state index in [2.05, 4.69) is 15.4 Å². The third-order valence-corrected chi connectivity index (χ3v) is 14.4. The fourth-order valence-electron chi connectivity index (χ4n) is 8.96. The average Bonchev–Trinajstić information content (AvgIpc) is 4.05. The van der Waals surface area contributed by atoms with Crippen LogP contribution in [-0.4, -0.2) is 93.4 Å². The number of benzene rings is 2. The van der Waals surface area contributed by atoms with Crippen LogP contribution in [-0.2, 0) is 29.1 Å². The largest absolute Gasteiger partial charge is 0.472 e. The molecule has 9 rings (SSSR count). The van der Waals surface area contributed by atoms with Gasteiger partial charge in [-0.2, -0.15) is 9.61 Å². The maximum atomic E-state index is 14.8. The first-order chi connectivity index (χ1) is 29.0. The third-order valence-electron chi connectivity index (χ3n) is 12.6. The Balaban J connectivity index is 1.06. The number of alkyl carbamates (subject to hydrolysis) is 1. The SMILES string of the molecule is Cc1ccc2nn3c(O[C@@H]4C[C@H]5C(=O)N[C@]6(C(=O)NS(=O)(=O)C7CC7)C[C@@H]6/C=C\CCCCC[C@H](NC(=O)OC6CCCC6)C(=O)N5C4)cc(-c4ccccc4)nc3c2c1. The molecule has 0 radical (unpaired) electrons. The third kappa shape index (κ3) is 8.17. The summed E-state index contributed by atoms with van der Waals surface area (Å²) in [4.78, 5) is 63.0. The van der Waals surface area contributed by atoms with Crippen LogP contribution < -0.4 is 20.1 Å². The quantitative estimate of drug-likeness (QED) is 0.198. The molecule has 4 amide bonds. The van der Waals surface area contributed by atoms with E-state index >= 15 is 0 Å². The summed E-state index contributed by atoms with van der Waals surface area (Å²) in [6, 6.07) is 15.3. The Bertz CT molecular complexity index is 2460. The Labute approximate surface area is 348 Å². The van der Waals surface area contributed by atoms with E-state index in [-0.39, 0.29) is 25.5 Å². The molecule has 2 aromatic heterocycles. The van der Waals surface area contributed by atoms with Gasteiger partial charge in [-0.1, -0.05) is 67.0 Å². The second kappa shape index (κ2) is 16.2. The van der Waals surface area contributed by atoms with Crippen molar-refractivity contribution in [3.05, 3.63) is 72.3 Å². The zero-order valence-corrected chi connectivity index (χ0v) is 34.5. The molecule has 15 nitrogen and oxygen atoms in total. The number of aromatic nitrogens is 3. The Morgan fingerprint density at radius 3 is 2.50 bits per heavy atom. The predicted molar refractivity (Wildman–Crippen MR) is 222 cm³/mol. The molecule has 3 N–H and O–H groups in total. The smallest absolute Gasteiger partial charge is 0.408 e. The minimum absolute atomic E-state index is 0.0181. The lowest BCUT2D eigenvalue weighted by Gasteiger charge is -2.30. The molecule has 3 saturated carbocycles. The van der Waals surface area contributed by atoms with Gasteiger partial charge in [0.15, 0.2) is 5.65 Å². The van der Waals surface area contributed by atoms with E-state index in [4.69, 9.17) is 19.6 Å². The normalized spacial score (nSPS) is 27.0. The number of carbonyl (C=O) groups excluding carboxylic acids is 4. The highest BCUT2D eigenvalue weighted by atomic mass is 32.2. The molecule has 2 aliphatic heterocycles. The predicted octanol–water partition coefficient (Wildman–Crippen LogP) is 5.25. The molecular formula is C44H51N7O8S.